The fourth-order valence-corrected chi connectivity index (χ4v) is 6.86. The lowest BCUT2D eigenvalue weighted by Gasteiger charge is -2.44. The molecular formula is C40H40N4O4. The molecule has 2 N–H and O–H groups in total. The number of hydrogen-bond acceptors (Lipinski definition) is 5. The minimum Gasteiger partial charge on any atom is -0.492 e. The van der Waals surface area contributed by atoms with Crippen molar-refractivity contribution in [2.45, 2.75) is 57.7 Å². The van der Waals surface area contributed by atoms with E-state index in [1.165, 1.54) is 58.5 Å². The summed E-state index contributed by atoms with van der Waals surface area (Å²) in [5, 5.41) is 16.7. The molecule has 48 heavy (non-hydrogen) atoms. The zero-order valence-corrected chi connectivity index (χ0v) is 27.3. The van der Waals surface area contributed by atoms with Gasteiger partial charge in [0.05, 0.1) is 29.9 Å². The molecule has 1 unspecified atom stereocenters. The van der Waals surface area contributed by atoms with Crippen LogP contribution >= 0.6 is 0 Å². The number of nitrogens with one attached hydrogen (secondary N) is 1. The van der Waals surface area contributed by atoms with Crippen LogP contribution in [0.15, 0.2) is 103 Å². The van der Waals surface area contributed by atoms with E-state index in [-0.39, 0.29) is 36.4 Å². The maximum absolute atomic E-state index is 12.6. The first-order valence-corrected chi connectivity index (χ1v) is 16.8. The van der Waals surface area contributed by atoms with Gasteiger partial charge in [0.1, 0.15) is 12.4 Å². The Morgan fingerprint density at radius 1 is 0.917 bits per heavy atom. The molecule has 2 aliphatic rings. The Kier molecular flexibility index (Phi) is 8.72. The number of carbonyl (C=O) groups is 2. The van der Waals surface area contributed by atoms with Crippen molar-refractivity contribution < 1.29 is 19.4 Å². The number of fused-ring (bicyclic) bond motifs is 1. The second-order valence-electron chi connectivity index (χ2n) is 12.8. The molecule has 1 aliphatic carbocycles. The first-order valence-electron chi connectivity index (χ1n) is 16.8. The number of ether oxygens (including phenoxy) is 1. The average molecular weight is 641 g/mol. The number of nitrogens with zero attached hydrogens (tertiary/aromatic N) is 3. The lowest BCUT2D eigenvalue weighted by molar-refractivity contribution is 0.0691. The van der Waals surface area contributed by atoms with Crippen LogP contribution in [0, 0.1) is 0 Å². The maximum atomic E-state index is 12.6. The first-order chi connectivity index (χ1) is 23.4. The number of aromatic nitrogens is 2. The molecule has 4 aromatic carbocycles. The van der Waals surface area contributed by atoms with E-state index in [0.29, 0.717) is 11.7 Å². The zero-order chi connectivity index (χ0) is 33.2. The number of anilines is 1. The van der Waals surface area contributed by atoms with Gasteiger partial charge in [-0.15, -0.1) is 0 Å². The number of aryl methyl sites for hydroxylation is 1. The monoisotopic (exact) mass is 640 g/mol. The highest BCUT2D eigenvalue weighted by atomic mass is 16.5. The quantitative estimate of drug-likeness (QED) is 0.145. The predicted octanol–water partition coefficient (Wildman–Crippen LogP) is 7.50. The number of carbonyl (C=O) groups excluding carboxylic acids is 1. The van der Waals surface area contributed by atoms with Crippen molar-refractivity contribution in [1.29, 1.82) is 0 Å². The molecule has 0 bridgehead atoms. The number of aromatic carboxylic acids is 1. The standard InChI is InChI=1S/C40H40N4O4/c1-3-43-25-32(24-42-43)30-14-19-35-31(23-30)22-26(2)44(33-15-10-28(11-16-33)27-8-9-27)38(35)29-12-17-34(18-13-29)48-21-20-41-39(45)36-6-4-5-7-37(36)40(46)47/h4-7,10-19,23-27,38H,3,8-9,20-22H2,1-2H3,(H,41,45)(H,46,47)/t26-,38?/m1/s1. The molecule has 0 radical (unpaired) electrons. The van der Waals surface area contributed by atoms with Crippen LogP contribution in [0.4, 0.5) is 5.69 Å². The predicted molar refractivity (Wildman–Crippen MR) is 187 cm³/mol. The van der Waals surface area contributed by atoms with Crippen molar-refractivity contribution in [2.24, 2.45) is 0 Å². The summed E-state index contributed by atoms with van der Waals surface area (Å²) < 4.78 is 7.94. The highest BCUT2D eigenvalue weighted by Crippen LogP contribution is 2.44. The second-order valence-corrected chi connectivity index (χ2v) is 12.8. The van der Waals surface area contributed by atoms with Crippen LogP contribution in [0.3, 0.4) is 0 Å². The van der Waals surface area contributed by atoms with E-state index < -0.39 is 11.9 Å². The zero-order valence-electron chi connectivity index (χ0n) is 27.3. The molecule has 1 aromatic heterocycles. The molecule has 0 spiro atoms. The van der Waals surface area contributed by atoms with Crippen LogP contribution in [0.25, 0.3) is 11.1 Å². The SMILES string of the molecule is CCn1cc(-c2ccc3c(c2)C[C@@H](C)N(c2ccc(C4CC4)cc2)C3c2ccc(OCCNC(=O)c3ccccc3C(=O)O)cc2)cn1. The third-order valence-electron chi connectivity index (χ3n) is 9.49. The number of benzene rings is 4. The van der Waals surface area contributed by atoms with E-state index in [2.05, 4.69) is 90.0 Å². The topological polar surface area (TPSA) is 96.7 Å². The van der Waals surface area contributed by atoms with Gasteiger partial charge >= 0.3 is 5.97 Å². The van der Waals surface area contributed by atoms with Gasteiger partial charge in [-0.2, -0.15) is 5.10 Å². The molecular weight excluding hydrogens is 600 g/mol. The molecule has 5 aromatic rings. The minimum absolute atomic E-state index is 0.0191. The van der Waals surface area contributed by atoms with Crippen LogP contribution < -0.4 is 15.0 Å². The number of carboxylic acid groups (broad SMARTS) is 1. The molecule has 244 valence electrons. The summed E-state index contributed by atoms with van der Waals surface area (Å²) >= 11 is 0. The Bertz CT molecular complexity index is 1930. The fourth-order valence-electron chi connectivity index (χ4n) is 6.86. The Balaban J connectivity index is 1.11. The summed E-state index contributed by atoms with van der Waals surface area (Å²) in [6.07, 6.45) is 7.57. The highest BCUT2D eigenvalue weighted by Gasteiger charge is 2.34. The van der Waals surface area contributed by atoms with Crippen molar-refractivity contribution in [2.75, 3.05) is 18.1 Å². The van der Waals surface area contributed by atoms with E-state index in [9.17, 15) is 14.7 Å². The summed E-state index contributed by atoms with van der Waals surface area (Å²) in [6, 6.07) is 30.7. The third kappa shape index (κ3) is 6.43. The van der Waals surface area contributed by atoms with E-state index in [1.807, 2.05) is 23.0 Å². The molecule has 8 nitrogen and oxygen atoms in total. The summed E-state index contributed by atoms with van der Waals surface area (Å²) in [5.74, 6) is -0.159. The fraction of sp³-hybridized carbons (Fsp3) is 0.275. The maximum Gasteiger partial charge on any atom is 0.336 e. The van der Waals surface area contributed by atoms with Gasteiger partial charge in [-0.1, -0.05) is 54.6 Å². The summed E-state index contributed by atoms with van der Waals surface area (Å²) in [7, 11) is 0. The van der Waals surface area contributed by atoms with Crippen LogP contribution in [0.2, 0.25) is 0 Å². The molecule has 2 atom stereocenters. The van der Waals surface area contributed by atoms with E-state index in [0.717, 1.165) is 18.5 Å². The summed E-state index contributed by atoms with van der Waals surface area (Å²) in [5.41, 5.74) is 8.89. The van der Waals surface area contributed by atoms with Gasteiger partial charge in [0, 0.05) is 30.0 Å². The largest absolute Gasteiger partial charge is 0.492 e. The average Bonchev–Trinajstić information content (AvgIpc) is 3.85. The van der Waals surface area contributed by atoms with E-state index >= 15 is 0 Å². The normalized spacial score (nSPS) is 17.1. The molecule has 1 amide bonds. The van der Waals surface area contributed by atoms with Crippen molar-refractivity contribution in [3.8, 4) is 16.9 Å². The number of carboxylic acids is 1. The molecule has 0 saturated heterocycles. The van der Waals surface area contributed by atoms with Crippen LogP contribution in [-0.4, -0.2) is 46.0 Å². The Hall–Kier alpha value is -5.37. The van der Waals surface area contributed by atoms with Crippen LogP contribution in [0.1, 0.15) is 81.6 Å². The number of hydrogen-bond donors (Lipinski definition) is 2. The molecule has 7 rings (SSSR count). The van der Waals surface area contributed by atoms with Gasteiger partial charge in [-0.25, -0.2) is 4.79 Å². The summed E-state index contributed by atoms with van der Waals surface area (Å²) in [4.78, 5) is 26.6. The third-order valence-corrected chi connectivity index (χ3v) is 9.49. The Morgan fingerprint density at radius 3 is 2.33 bits per heavy atom. The van der Waals surface area contributed by atoms with Gasteiger partial charge < -0.3 is 20.1 Å². The van der Waals surface area contributed by atoms with Crippen LogP contribution in [0.5, 0.6) is 5.75 Å². The Morgan fingerprint density at radius 2 is 1.65 bits per heavy atom. The summed E-state index contributed by atoms with van der Waals surface area (Å²) in [6.45, 7) is 5.74. The molecule has 1 aliphatic heterocycles. The molecule has 2 heterocycles. The smallest absolute Gasteiger partial charge is 0.336 e. The molecule has 1 fully saturated rings. The van der Waals surface area contributed by atoms with Gasteiger partial charge in [0.2, 0.25) is 0 Å². The van der Waals surface area contributed by atoms with Gasteiger partial charge in [-0.3, -0.25) is 9.48 Å². The van der Waals surface area contributed by atoms with Gasteiger partial charge in [0.25, 0.3) is 5.91 Å². The van der Waals surface area contributed by atoms with Gasteiger partial charge in [-0.05, 0) is 103 Å². The lowest BCUT2D eigenvalue weighted by atomic mass is 9.83. The van der Waals surface area contributed by atoms with Crippen molar-refractivity contribution in [3.63, 3.8) is 0 Å². The number of amides is 1. The van der Waals surface area contributed by atoms with Crippen LogP contribution in [-0.2, 0) is 13.0 Å². The second kappa shape index (κ2) is 13.4. The minimum atomic E-state index is -1.13. The highest BCUT2D eigenvalue weighted by molar-refractivity contribution is 6.04. The van der Waals surface area contributed by atoms with Gasteiger partial charge in [0.15, 0.2) is 0 Å². The van der Waals surface area contributed by atoms with Crippen molar-refractivity contribution in [1.82, 2.24) is 15.1 Å². The first kappa shape index (κ1) is 31.2. The molecule has 1 saturated carbocycles. The van der Waals surface area contributed by atoms with Crippen molar-refractivity contribution >= 4 is 17.6 Å². The van der Waals surface area contributed by atoms with E-state index in [4.69, 9.17) is 4.74 Å². The number of rotatable bonds is 11. The van der Waals surface area contributed by atoms with Crippen molar-refractivity contribution in [3.05, 3.63) is 137 Å². The Labute approximate surface area is 281 Å². The lowest BCUT2D eigenvalue weighted by Crippen LogP contribution is -2.42. The molecule has 8 heteroatoms. The van der Waals surface area contributed by atoms with E-state index in [1.54, 1.807) is 12.1 Å².